The first-order valence-corrected chi connectivity index (χ1v) is 6.97. The molecule has 8 heteroatoms. The van der Waals surface area contributed by atoms with Crippen LogP contribution in [0.5, 0.6) is 0 Å². The molecule has 1 aromatic heterocycles. The number of carbonyl (C=O) groups excluding carboxylic acids is 2. The number of nitrogens with zero attached hydrogens (tertiary/aromatic N) is 3. The van der Waals surface area contributed by atoms with Gasteiger partial charge in [0.15, 0.2) is 0 Å². The second kappa shape index (κ2) is 4.71. The van der Waals surface area contributed by atoms with Gasteiger partial charge in [-0.15, -0.1) is 5.10 Å². The van der Waals surface area contributed by atoms with Gasteiger partial charge in [-0.3, -0.25) is 14.6 Å². The van der Waals surface area contributed by atoms with Gasteiger partial charge in [-0.2, -0.15) is 0 Å². The maximum atomic E-state index is 12.3. The van der Waals surface area contributed by atoms with Crippen LogP contribution >= 0.6 is 0 Å². The minimum absolute atomic E-state index is 0.0153. The van der Waals surface area contributed by atoms with E-state index in [-0.39, 0.29) is 29.0 Å². The van der Waals surface area contributed by atoms with Crippen LogP contribution < -0.4 is 5.69 Å². The molecule has 1 spiro atoms. The highest BCUT2D eigenvalue weighted by Gasteiger charge is 2.59. The Morgan fingerprint density at radius 2 is 2.05 bits per heavy atom. The number of piperidine rings is 1. The molecular formula is C13H18N4O4. The van der Waals surface area contributed by atoms with Crippen LogP contribution in [0.4, 0.5) is 0 Å². The predicted molar refractivity (Wildman–Crippen MR) is 71.5 cm³/mol. The van der Waals surface area contributed by atoms with Gasteiger partial charge in [-0.1, -0.05) is 0 Å². The van der Waals surface area contributed by atoms with Gasteiger partial charge in [-0.05, 0) is 24.7 Å². The summed E-state index contributed by atoms with van der Waals surface area (Å²) in [4.78, 5) is 39.3. The lowest BCUT2D eigenvalue weighted by atomic mass is 9.91. The summed E-state index contributed by atoms with van der Waals surface area (Å²) in [5.74, 6) is -0.366. The number of amides is 1. The van der Waals surface area contributed by atoms with Crippen molar-refractivity contribution < 1.29 is 14.3 Å². The van der Waals surface area contributed by atoms with Crippen molar-refractivity contribution in [3.05, 3.63) is 16.3 Å². The number of aryl methyl sites for hydroxylation is 1. The van der Waals surface area contributed by atoms with Crippen LogP contribution in [-0.2, 0) is 16.6 Å². The van der Waals surface area contributed by atoms with Gasteiger partial charge in [0.1, 0.15) is 0 Å². The standard InChI is InChI=1S/C13H18N4O4/c1-16-12(20)14-9(15-16)10(18)17-5-3-13(4-6-17)7-8(13)11(19)21-2/h8H,3-7H2,1-2H3,(H,14,15,20). The summed E-state index contributed by atoms with van der Waals surface area (Å²) >= 11 is 0. The van der Waals surface area contributed by atoms with Crippen molar-refractivity contribution in [1.29, 1.82) is 0 Å². The molecule has 1 saturated heterocycles. The third-order valence-corrected chi connectivity index (χ3v) is 4.69. The number of aromatic nitrogens is 3. The van der Waals surface area contributed by atoms with E-state index < -0.39 is 5.69 Å². The van der Waals surface area contributed by atoms with Crippen molar-refractivity contribution in [2.24, 2.45) is 18.4 Å². The second-order valence-corrected chi connectivity index (χ2v) is 5.84. The average Bonchev–Trinajstić information content (AvgIpc) is 3.08. The maximum absolute atomic E-state index is 12.3. The first kappa shape index (κ1) is 13.8. The Hall–Kier alpha value is -2.12. The molecule has 2 aliphatic rings. The van der Waals surface area contributed by atoms with Crippen molar-refractivity contribution in [2.45, 2.75) is 19.3 Å². The molecule has 8 nitrogen and oxygen atoms in total. The lowest BCUT2D eigenvalue weighted by Gasteiger charge is -2.32. The third-order valence-electron chi connectivity index (χ3n) is 4.69. The van der Waals surface area contributed by atoms with Crippen molar-refractivity contribution in [3.63, 3.8) is 0 Å². The molecule has 1 atom stereocenters. The van der Waals surface area contributed by atoms with Gasteiger partial charge in [0.25, 0.3) is 5.91 Å². The molecule has 1 amide bonds. The normalized spacial score (nSPS) is 23.1. The molecule has 1 aliphatic carbocycles. The zero-order chi connectivity index (χ0) is 15.2. The molecule has 1 unspecified atom stereocenters. The number of H-pyrrole nitrogens is 1. The fourth-order valence-corrected chi connectivity index (χ4v) is 3.18. The summed E-state index contributed by atoms with van der Waals surface area (Å²) in [7, 11) is 2.90. The molecule has 2 heterocycles. The first-order chi connectivity index (χ1) is 9.97. The number of likely N-dealkylation sites (tertiary alicyclic amines) is 1. The number of nitrogens with one attached hydrogen (secondary N) is 1. The van der Waals surface area contributed by atoms with Crippen molar-refractivity contribution in [1.82, 2.24) is 19.7 Å². The molecule has 0 bridgehead atoms. The van der Waals surface area contributed by atoms with E-state index in [1.54, 1.807) is 4.90 Å². The first-order valence-electron chi connectivity index (χ1n) is 6.97. The fourth-order valence-electron chi connectivity index (χ4n) is 3.18. The molecule has 2 fully saturated rings. The Bertz CT molecular complexity index is 639. The number of hydrogen-bond acceptors (Lipinski definition) is 5. The van der Waals surface area contributed by atoms with E-state index in [9.17, 15) is 14.4 Å². The number of aromatic amines is 1. The summed E-state index contributed by atoms with van der Waals surface area (Å²) in [6, 6.07) is 0. The van der Waals surface area contributed by atoms with Gasteiger partial charge in [-0.25, -0.2) is 9.48 Å². The second-order valence-electron chi connectivity index (χ2n) is 5.84. The summed E-state index contributed by atoms with van der Waals surface area (Å²) < 4.78 is 5.89. The van der Waals surface area contributed by atoms with E-state index in [4.69, 9.17) is 4.74 Å². The van der Waals surface area contributed by atoms with Gasteiger partial charge in [0, 0.05) is 20.1 Å². The molecule has 1 saturated carbocycles. The zero-order valence-electron chi connectivity index (χ0n) is 12.1. The Labute approximate surface area is 121 Å². The topological polar surface area (TPSA) is 97.3 Å². The molecular weight excluding hydrogens is 276 g/mol. The number of ether oxygens (including phenoxy) is 1. The van der Waals surface area contributed by atoms with Crippen LogP contribution in [0.3, 0.4) is 0 Å². The quantitative estimate of drug-likeness (QED) is 0.743. The van der Waals surface area contributed by atoms with Gasteiger partial charge in [0.05, 0.1) is 13.0 Å². The Morgan fingerprint density at radius 3 is 2.57 bits per heavy atom. The molecule has 0 radical (unpaired) electrons. The summed E-state index contributed by atoms with van der Waals surface area (Å²) in [5.41, 5.74) is -0.388. The highest BCUT2D eigenvalue weighted by atomic mass is 16.5. The molecule has 3 rings (SSSR count). The van der Waals surface area contributed by atoms with Crippen LogP contribution in [0.1, 0.15) is 29.9 Å². The van der Waals surface area contributed by atoms with E-state index >= 15 is 0 Å². The summed E-state index contributed by atoms with van der Waals surface area (Å²) in [6.07, 6.45) is 2.42. The van der Waals surface area contributed by atoms with E-state index in [2.05, 4.69) is 10.1 Å². The summed E-state index contributed by atoms with van der Waals surface area (Å²) in [6.45, 7) is 1.15. The SMILES string of the molecule is COC(=O)C1CC12CCN(C(=O)c1nn(C)c(=O)[nH]1)CC2. The Balaban J connectivity index is 1.63. The van der Waals surface area contributed by atoms with Gasteiger partial charge < -0.3 is 9.64 Å². The Morgan fingerprint density at radius 1 is 1.38 bits per heavy atom. The average molecular weight is 294 g/mol. The summed E-state index contributed by atoms with van der Waals surface area (Å²) in [5, 5.41) is 3.88. The molecule has 1 aliphatic heterocycles. The van der Waals surface area contributed by atoms with Gasteiger partial charge in [0.2, 0.25) is 5.82 Å². The van der Waals surface area contributed by atoms with Crippen LogP contribution in [-0.4, -0.2) is 51.7 Å². The largest absolute Gasteiger partial charge is 0.469 e. The smallest absolute Gasteiger partial charge is 0.343 e. The van der Waals surface area contributed by atoms with Crippen LogP contribution in [0.25, 0.3) is 0 Å². The van der Waals surface area contributed by atoms with Crippen molar-refractivity contribution >= 4 is 11.9 Å². The molecule has 1 aromatic rings. The number of esters is 1. The van der Waals surface area contributed by atoms with E-state index in [0.29, 0.717) is 13.1 Å². The number of rotatable bonds is 2. The van der Waals surface area contributed by atoms with E-state index in [1.807, 2.05) is 0 Å². The minimum atomic E-state index is -0.403. The fraction of sp³-hybridized carbons (Fsp3) is 0.692. The Kier molecular flexibility index (Phi) is 3.11. The highest BCUT2D eigenvalue weighted by molar-refractivity contribution is 5.90. The predicted octanol–water partition coefficient (Wildman–Crippen LogP) is -0.476. The van der Waals surface area contributed by atoms with Crippen LogP contribution in [0, 0.1) is 11.3 Å². The number of carbonyl (C=O) groups is 2. The third kappa shape index (κ3) is 2.24. The minimum Gasteiger partial charge on any atom is -0.469 e. The highest BCUT2D eigenvalue weighted by Crippen LogP contribution is 2.59. The molecule has 21 heavy (non-hydrogen) atoms. The van der Waals surface area contributed by atoms with Crippen molar-refractivity contribution in [3.8, 4) is 0 Å². The van der Waals surface area contributed by atoms with Crippen LogP contribution in [0.15, 0.2) is 4.79 Å². The van der Waals surface area contributed by atoms with E-state index in [0.717, 1.165) is 23.9 Å². The van der Waals surface area contributed by atoms with Gasteiger partial charge >= 0.3 is 11.7 Å². The van der Waals surface area contributed by atoms with Crippen molar-refractivity contribution in [2.75, 3.05) is 20.2 Å². The molecule has 0 aromatic carbocycles. The number of hydrogen-bond donors (Lipinski definition) is 1. The maximum Gasteiger partial charge on any atom is 0.343 e. The monoisotopic (exact) mass is 294 g/mol. The molecule has 1 N–H and O–H groups in total. The van der Waals surface area contributed by atoms with E-state index in [1.165, 1.54) is 14.2 Å². The lowest BCUT2D eigenvalue weighted by Crippen LogP contribution is -2.40. The zero-order valence-corrected chi connectivity index (χ0v) is 12.1. The molecule has 114 valence electrons. The van der Waals surface area contributed by atoms with Crippen LogP contribution in [0.2, 0.25) is 0 Å². The number of methoxy groups -OCH3 is 1. The lowest BCUT2D eigenvalue weighted by molar-refractivity contribution is -0.143.